The van der Waals surface area contributed by atoms with Crippen molar-refractivity contribution in [2.45, 2.75) is 52.7 Å². The van der Waals surface area contributed by atoms with E-state index in [2.05, 4.69) is 19.9 Å². The van der Waals surface area contributed by atoms with Gasteiger partial charge in [0.1, 0.15) is 5.75 Å². The lowest BCUT2D eigenvalue weighted by molar-refractivity contribution is 0.0818. The molecule has 1 unspecified atom stereocenters. The van der Waals surface area contributed by atoms with Crippen LogP contribution in [0.15, 0.2) is 18.2 Å². The van der Waals surface area contributed by atoms with E-state index in [0.29, 0.717) is 19.1 Å². The topological polar surface area (TPSA) is 44.5 Å². The zero-order valence-corrected chi connectivity index (χ0v) is 13.2. The van der Waals surface area contributed by atoms with Gasteiger partial charge in [-0.2, -0.15) is 0 Å². The molecule has 0 heterocycles. The van der Waals surface area contributed by atoms with Gasteiger partial charge in [0, 0.05) is 18.7 Å². The summed E-state index contributed by atoms with van der Waals surface area (Å²) in [5, 5.41) is 0. The molecule has 114 valence electrons. The second-order valence-electron chi connectivity index (χ2n) is 5.28. The van der Waals surface area contributed by atoms with E-state index in [0.717, 1.165) is 23.5 Å². The third-order valence-electron chi connectivity index (χ3n) is 3.74. The van der Waals surface area contributed by atoms with Crippen LogP contribution in [0.2, 0.25) is 0 Å². The zero-order chi connectivity index (χ0) is 14.8. The molecule has 0 aromatic heterocycles. The molecule has 0 bridgehead atoms. The Morgan fingerprint density at radius 1 is 1.25 bits per heavy atom. The van der Waals surface area contributed by atoms with E-state index in [9.17, 15) is 0 Å². The maximum absolute atomic E-state index is 5.86. The highest BCUT2D eigenvalue weighted by atomic mass is 16.5. The van der Waals surface area contributed by atoms with Gasteiger partial charge in [-0.25, -0.2) is 0 Å². The fourth-order valence-corrected chi connectivity index (χ4v) is 2.29. The normalized spacial score (nSPS) is 12.4. The van der Waals surface area contributed by atoms with Crippen molar-refractivity contribution in [2.24, 2.45) is 11.7 Å². The van der Waals surface area contributed by atoms with E-state index >= 15 is 0 Å². The standard InChI is InChI=1S/C17H29NO2/c1-4-6-7-14(5-2)12-20-13-15-8-9-16(11-18)17(10-15)19-3/h8-10,14H,4-7,11-13,18H2,1-3H3. The Labute approximate surface area is 123 Å². The van der Waals surface area contributed by atoms with Gasteiger partial charge in [-0.1, -0.05) is 45.2 Å². The van der Waals surface area contributed by atoms with Crippen molar-refractivity contribution in [3.8, 4) is 5.75 Å². The highest BCUT2D eigenvalue weighted by Gasteiger charge is 2.07. The molecule has 0 saturated carbocycles. The van der Waals surface area contributed by atoms with Crippen LogP contribution in [0, 0.1) is 5.92 Å². The minimum atomic E-state index is 0.499. The van der Waals surface area contributed by atoms with Gasteiger partial charge in [-0.3, -0.25) is 0 Å². The summed E-state index contributed by atoms with van der Waals surface area (Å²) in [5.74, 6) is 1.53. The molecule has 1 aromatic rings. The number of nitrogens with two attached hydrogens (primary N) is 1. The summed E-state index contributed by atoms with van der Waals surface area (Å²) in [5.41, 5.74) is 7.85. The molecule has 1 rings (SSSR count). The monoisotopic (exact) mass is 279 g/mol. The van der Waals surface area contributed by atoms with E-state index in [4.69, 9.17) is 15.2 Å². The van der Waals surface area contributed by atoms with E-state index in [1.807, 2.05) is 12.1 Å². The minimum absolute atomic E-state index is 0.499. The number of hydrogen-bond acceptors (Lipinski definition) is 3. The molecule has 0 aliphatic rings. The molecule has 0 amide bonds. The predicted octanol–water partition coefficient (Wildman–Crippen LogP) is 3.89. The second kappa shape index (κ2) is 9.78. The van der Waals surface area contributed by atoms with Crippen molar-refractivity contribution in [3.63, 3.8) is 0 Å². The van der Waals surface area contributed by atoms with Crippen molar-refractivity contribution >= 4 is 0 Å². The van der Waals surface area contributed by atoms with E-state index in [1.165, 1.54) is 25.7 Å². The van der Waals surface area contributed by atoms with Gasteiger partial charge in [0.25, 0.3) is 0 Å². The number of unbranched alkanes of at least 4 members (excludes halogenated alkanes) is 1. The first-order chi connectivity index (χ1) is 9.74. The number of methoxy groups -OCH3 is 1. The number of hydrogen-bond donors (Lipinski definition) is 1. The highest BCUT2D eigenvalue weighted by molar-refractivity contribution is 5.37. The lowest BCUT2D eigenvalue weighted by atomic mass is 10.0. The Kier molecular flexibility index (Phi) is 8.31. The van der Waals surface area contributed by atoms with Crippen LogP contribution in [0.3, 0.4) is 0 Å². The maximum atomic E-state index is 5.86. The maximum Gasteiger partial charge on any atom is 0.123 e. The average Bonchev–Trinajstić information content (AvgIpc) is 2.50. The first-order valence-corrected chi connectivity index (χ1v) is 7.68. The van der Waals surface area contributed by atoms with Gasteiger partial charge in [0.15, 0.2) is 0 Å². The van der Waals surface area contributed by atoms with Crippen molar-refractivity contribution in [3.05, 3.63) is 29.3 Å². The molecule has 2 N–H and O–H groups in total. The van der Waals surface area contributed by atoms with Crippen LogP contribution in [0.25, 0.3) is 0 Å². The molecular formula is C17H29NO2. The molecule has 0 spiro atoms. The molecule has 0 saturated heterocycles. The van der Waals surface area contributed by atoms with Crippen molar-refractivity contribution in [1.29, 1.82) is 0 Å². The van der Waals surface area contributed by atoms with Crippen LogP contribution < -0.4 is 10.5 Å². The number of benzene rings is 1. The first kappa shape index (κ1) is 17.0. The Hall–Kier alpha value is -1.06. The van der Waals surface area contributed by atoms with Crippen molar-refractivity contribution in [2.75, 3.05) is 13.7 Å². The largest absolute Gasteiger partial charge is 0.496 e. The van der Waals surface area contributed by atoms with Crippen molar-refractivity contribution < 1.29 is 9.47 Å². The molecular weight excluding hydrogens is 250 g/mol. The lowest BCUT2D eigenvalue weighted by Crippen LogP contribution is -2.09. The fourth-order valence-electron chi connectivity index (χ4n) is 2.29. The van der Waals surface area contributed by atoms with Gasteiger partial charge in [-0.05, 0) is 24.0 Å². The molecule has 0 aliphatic heterocycles. The summed E-state index contributed by atoms with van der Waals surface area (Å²) >= 11 is 0. The molecule has 3 heteroatoms. The smallest absolute Gasteiger partial charge is 0.123 e. The van der Waals surface area contributed by atoms with Crippen LogP contribution >= 0.6 is 0 Å². The second-order valence-corrected chi connectivity index (χ2v) is 5.28. The first-order valence-electron chi connectivity index (χ1n) is 7.68. The third-order valence-corrected chi connectivity index (χ3v) is 3.74. The lowest BCUT2D eigenvalue weighted by Gasteiger charge is -2.15. The minimum Gasteiger partial charge on any atom is -0.496 e. The van der Waals surface area contributed by atoms with Crippen molar-refractivity contribution in [1.82, 2.24) is 0 Å². The zero-order valence-electron chi connectivity index (χ0n) is 13.2. The van der Waals surface area contributed by atoms with Gasteiger partial charge >= 0.3 is 0 Å². The van der Waals surface area contributed by atoms with Gasteiger partial charge in [0.2, 0.25) is 0 Å². The van der Waals surface area contributed by atoms with E-state index < -0.39 is 0 Å². The Morgan fingerprint density at radius 3 is 2.65 bits per heavy atom. The number of rotatable bonds is 10. The summed E-state index contributed by atoms with van der Waals surface area (Å²) < 4.78 is 11.2. The number of ether oxygens (including phenoxy) is 2. The predicted molar refractivity (Wildman–Crippen MR) is 83.8 cm³/mol. The average molecular weight is 279 g/mol. The van der Waals surface area contributed by atoms with Crippen LogP contribution in [0.1, 0.15) is 50.7 Å². The van der Waals surface area contributed by atoms with Crippen LogP contribution in [0.4, 0.5) is 0 Å². The fraction of sp³-hybridized carbons (Fsp3) is 0.647. The Bertz CT molecular complexity index is 379. The third kappa shape index (κ3) is 5.51. The van der Waals surface area contributed by atoms with Crippen LogP contribution in [0.5, 0.6) is 5.75 Å². The molecule has 0 radical (unpaired) electrons. The van der Waals surface area contributed by atoms with Crippen LogP contribution in [-0.4, -0.2) is 13.7 Å². The highest BCUT2D eigenvalue weighted by Crippen LogP contribution is 2.21. The molecule has 0 aliphatic carbocycles. The summed E-state index contributed by atoms with van der Waals surface area (Å²) in [7, 11) is 1.68. The quantitative estimate of drug-likeness (QED) is 0.706. The molecule has 20 heavy (non-hydrogen) atoms. The molecule has 3 nitrogen and oxygen atoms in total. The van der Waals surface area contributed by atoms with Gasteiger partial charge in [0.05, 0.1) is 13.7 Å². The molecule has 1 aromatic carbocycles. The van der Waals surface area contributed by atoms with E-state index in [1.54, 1.807) is 7.11 Å². The van der Waals surface area contributed by atoms with Gasteiger partial charge in [-0.15, -0.1) is 0 Å². The Balaban J connectivity index is 2.44. The molecule has 0 fully saturated rings. The summed E-state index contributed by atoms with van der Waals surface area (Å²) in [6, 6.07) is 6.11. The summed E-state index contributed by atoms with van der Waals surface area (Å²) in [6.45, 7) is 6.46. The Morgan fingerprint density at radius 2 is 2.05 bits per heavy atom. The SMILES string of the molecule is CCCCC(CC)COCc1ccc(CN)c(OC)c1. The summed E-state index contributed by atoms with van der Waals surface area (Å²) in [6.07, 6.45) is 5.01. The summed E-state index contributed by atoms with van der Waals surface area (Å²) in [4.78, 5) is 0. The van der Waals surface area contributed by atoms with E-state index in [-0.39, 0.29) is 0 Å². The molecule has 1 atom stereocenters. The van der Waals surface area contributed by atoms with Crippen LogP contribution in [-0.2, 0) is 17.9 Å². The van der Waals surface area contributed by atoms with Gasteiger partial charge < -0.3 is 15.2 Å².